The average molecular weight is 302 g/mol. The van der Waals surface area contributed by atoms with Crippen LogP contribution in [0.2, 0.25) is 0 Å². The first-order valence-electron chi connectivity index (χ1n) is 7.17. The number of hydrogen-bond acceptors (Lipinski definition) is 4. The summed E-state index contributed by atoms with van der Waals surface area (Å²) in [6.07, 6.45) is -1.29. The van der Waals surface area contributed by atoms with Crippen molar-refractivity contribution in [2.24, 2.45) is 17.7 Å². The van der Waals surface area contributed by atoms with Crippen LogP contribution in [0.5, 0.6) is 0 Å². The molecule has 1 aromatic rings. The number of hydrazine groups is 1. The van der Waals surface area contributed by atoms with Crippen molar-refractivity contribution in [2.45, 2.75) is 45.3 Å². The third-order valence-corrected chi connectivity index (χ3v) is 4.38. The highest BCUT2D eigenvalue weighted by Gasteiger charge is 2.34. The van der Waals surface area contributed by atoms with Crippen LogP contribution in [0.25, 0.3) is 0 Å². The number of hydrogen-bond donors (Lipinski definition) is 3. The Balaban J connectivity index is 2.20. The van der Waals surface area contributed by atoms with Crippen molar-refractivity contribution in [2.75, 3.05) is 10.7 Å². The quantitative estimate of drug-likeness (QED) is 0.587. The van der Waals surface area contributed by atoms with E-state index in [0.29, 0.717) is 11.8 Å². The SMILES string of the molecule is CCC1CCC(Nc2cc(C(F)(F)F)cc(NN)n2)C1C. The predicted octanol–water partition coefficient (Wildman–Crippen LogP) is 3.62. The lowest BCUT2D eigenvalue weighted by molar-refractivity contribution is -0.137. The van der Waals surface area contributed by atoms with Crippen molar-refractivity contribution in [3.05, 3.63) is 17.7 Å². The first-order chi connectivity index (χ1) is 9.85. The Hall–Kier alpha value is -1.50. The van der Waals surface area contributed by atoms with Crippen LogP contribution in [0.15, 0.2) is 12.1 Å². The monoisotopic (exact) mass is 302 g/mol. The Bertz CT molecular complexity index is 490. The molecular formula is C14H21F3N4. The highest BCUT2D eigenvalue weighted by molar-refractivity contribution is 5.49. The van der Waals surface area contributed by atoms with Gasteiger partial charge in [-0.3, -0.25) is 0 Å². The Labute approximate surface area is 122 Å². The smallest absolute Gasteiger partial charge is 0.367 e. The largest absolute Gasteiger partial charge is 0.416 e. The highest BCUT2D eigenvalue weighted by Crippen LogP contribution is 2.37. The van der Waals surface area contributed by atoms with Gasteiger partial charge in [0.1, 0.15) is 11.6 Å². The maximum absolute atomic E-state index is 12.9. The molecule has 1 fully saturated rings. The summed E-state index contributed by atoms with van der Waals surface area (Å²) in [4.78, 5) is 4.07. The van der Waals surface area contributed by atoms with Crippen LogP contribution in [-0.2, 0) is 6.18 Å². The van der Waals surface area contributed by atoms with E-state index in [4.69, 9.17) is 5.84 Å². The molecular weight excluding hydrogens is 281 g/mol. The topological polar surface area (TPSA) is 63.0 Å². The number of nitrogens with two attached hydrogens (primary N) is 1. The minimum atomic E-state index is -4.42. The Morgan fingerprint density at radius 1 is 1.29 bits per heavy atom. The Morgan fingerprint density at radius 2 is 1.95 bits per heavy atom. The number of halogens is 3. The van der Waals surface area contributed by atoms with E-state index in [1.165, 1.54) is 0 Å². The summed E-state index contributed by atoms with van der Waals surface area (Å²) >= 11 is 0. The van der Waals surface area contributed by atoms with Crippen LogP contribution < -0.4 is 16.6 Å². The van der Waals surface area contributed by atoms with Gasteiger partial charge >= 0.3 is 6.18 Å². The Kier molecular flexibility index (Phi) is 4.61. The van der Waals surface area contributed by atoms with Crippen molar-refractivity contribution in [3.8, 4) is 0 Å². The van der Waals surface area contributed by atoms with Crippen LogP contribution in [0.3, 0.4) is 0 Å². The molecule has 21 heavy (non-hydrogen) atoms. The summed E-state index contributed by atoms with van der Waals surface area (Å²) in [5.41, 5.74) is 1.43. The van der Waals surface area contributed by atoms with Gasteiger partial charge in [-0.2, -0.15) is 13.2 Å². The van der Waals surface area contributed by atoms with Crippen molar-refractivity contribution in [1.82, 2.24) is 4.98 Å². The van der Waals surface area contributed by atoms with Gasteiger partial charge in [-0.1, -0.05) is 20.3 Å². The molecule has 0 radical (unpaired) electrons. The summed E-state index contributed by atoms with van der Waals surface area (Å²) in [5, 5.41) is 3.14. The first kappa shape index (κ1) is 15.9. The number of aromatic nitrogens is 1. The molecule has 4 nitrogen and oxygen atoms in total. The molecule has 0 bridgehead atoms. The summed E-state index contributed by atoms with van der Waals surface area (Å²) < 4.78 is 38.6. The number of nitrogen functional groups attached to an aromatic ring is 1. The van der Waals surface area contributed by atoms with Crippen molar-refractivity contribution >= 4 is 11.6 Å². The van der Waals surface area contributed by atoms with Crippen LogP contribution in [-0.4, -0.2) is 11.0 Å². The molecule has 1 aliphatic carbocycles. The molecule has 0 saturated heterocycles. The van der Waals surface area contributed by atoms with Crippen molar-refractivity contribution in [3.63, 3.8) is 0 Å². The first-order valence-corrected chi connectivity index (χ1v) is 7.17. The third kappa shape index (κ3) is 3.58. The van der Waals surface area contributed by atoms with E-state index in [9.17, 15) is 13.2 Å². The van der Waals surface area contributed by atoms with Crippen LogP contribution in [0.4, 0.5) is 24.8 Å². The molecule has 0 spiro atoms. The van der Waals surface area contributed by atoms with Gasteiger partial charge in [0.25, 0.3) is 0 Å². The predicted molar refractivity (Wildman–Crippen MR) is 76.6 cm³/mol. The number of alkyl halides is 3. The lowest BCUT2D eigenvalue weighted by Crippen LogP contribution is -2.25. The summed E-state index contributed by atoms with van der Waals surface area (Å²) in [5.74, 6) is 6.45. The minimum Gasteiger partial charge on any atom is -0.367 e. The fraction of sp³-hybridized carbons (Fsp3) is 0.643. The summed E-state index contributed by atoms with van der Waals surface area (Å²) in [7, 11) is 0. The van der Waals surface area contributed by atoms with Gasteiger partial charge in [0.15, 0.2) is 0 Å². The van der Waals surface area contributed by atoms with E-state index in [1.54, 1.807) is 0 Å². The van der Waals surface area contributed by atoms with Gasteiger partial charge in [-0.05, 0) is 36.8 Å². The molecule has 3 atom stereocenters. The number of pyridine rings is 1. The van der Waals surface area contributed by atoms with E-state index < -0.39 is 11.7 Å². The second-order valence-corrected chi connectivity index (χ2v) is 5.62. The molecule has 118 valence electrons. The molecule has 0 aromatic carbocycles. The minimum absolute atomic E-state index is 0.00464. The lowest BCUT2D eigenvalue weighted by atomic mass is 9.93. The maximum Gasteiger partial charge on any atom is 0.416 e. The van der Waals surface area contributed by atoms with Crippen LogP contribution in [0, 0.1) is 11.8 Å². The summed E-state index contributed by atoms with van der Waals surface area (Å²) in [6, 6.07) is 2.09. The molecule has 7 heteroatoms. The van der Waals surface area contributed by atoms with Gasteiger partial charge in [0.2, 0.25) is 0 Å². The molecule has 2 rings (SSSR count). The van der Waals surface area contributed by atoms with Crippen molar-refractivity contribution < 1.29 is 13.2 Å². The van der Waals surface area contributed by atoms with E-state index in [1.807, 2.05) is 0 Å². The van der Waals surface area contributed by atoms with E-state index in [0.717, 1.165) is 31.4 Å². The fourth-order valence-corrected chi connectivity index (χ4v) is 3.06. The molecule has 1 aromatic heterocycles. The molecule has 1 aliphatic rings. The standard InChI is InChI=1S/C14H21F3N4/c1-3-9-4-5-11(8(9)2)19-12-6-10(14(15,16)17)7-13(20-12)21-18/h6-9,11H,3-5,18H2,1-2H3,(H2,19,20,21). The van der Waals surface area contributed by atoms with Crippen LogP contribution >= 0.6 is 0 Å². The van der Waals surface area contributed by atoms with Crippen LogP contribution in [0.1, 0.15) is 38.7 Å². The van der Waals surface area contributed by atoms with Gasteiger partial charge in [-0.25, -0.2) is 10.8 Å². The second-order valence-electron chi connectivity index (χ2n) is 5.62. The fourth-order valence-electron chi connectivity index (χ4n) is 3.06. The number of rotatable bonds is 4. The zero-order valence-electron chi connectivity index (χ0n) is 12.2. The number of nitrogens with one attached hydrogen (secondary N) is 2. The van der Waals surface area contributed by atoms with Gasteiger partial charge in [-0.15, -0.1) is 0 Å². The van der Waals surface area contributed by atoms with Crippen molar-refractivity contribution in [1.29, 1.82) is 0 Å². The molecule has 3 unspecified atom stereocenters. The maximum atomic E-state index is 12.9. The Morgan fingerprint density at radius 3 is 2.48 bits per heavy atom. The number of nitrogens with zero attached hydrogens (tertiary/aromatic N) is 1. The third-order valence-electron chi connectivity index (χ3n) is 4.38. The molecule has 1 heterocycles. The second kappa shape index (κ2) is 6.09. The molecule has 0 aliphatic heterocycles. The van der Waals surface area contributed by atoms with Gasteiger partial charge in [0.05, 0.1) is 5.56 Å². The van der Waals surface area contributed by atoms with E-state index in [2.05, 4.69) is 29.6 Å². The van der Waals surface area contributed by atoms with Gasteiger partial charge in [0, 0.05) is 6.04 Å². The molecule has 0 amide bonds. The van der Waals surface area contributed by atoms with E-state index in [-0.39, 0.29) is 17.7 Å². The molecule has 1 saturated carbocycles. The number of anilines is 2. The molecule has 4 N–H and O–H groups in total. The average Bonchev–Trinajstić information content (AvgIpc) is 2.78. The normalized spacial score (nSPS) is 25.9. The zero-order valence-corrected chi connectivity index (χ0v) is 12.2. The highest BCUT2D eigenvalue weighted by atomic mass is 19.4. The van der Waals surface area contributed by atoms with Gasteiger partial charge < -0.3 is 10.7 Å². The lowest BCUT2D eigenvalue weighted by Gasteiger charge is -2.22. The zero-order chi connectivity index (χ0) is 15.6. The summed E-state index contributed by atoms with van der Waals surface area (Å²) in [6.45, 7) is 4.27. The van der Waals surface area contributed by atoms with E-state index >= 15 is 0 Å².